The van der Waals surface area contributed by atoms with E-state index in [0.717, 1.165) is 31.4 Å². The fraction of sp³-hybridized carbons (Fsp3) is 0.533. The summed E-state index contributed by atoms with van der Waals surface area (Å²) < 4.78 is 0. The monoisotopic (exact) mass is 273 g/mol. The molecule has 2 heterocycles. The van der Waals surface area contributed by atoms with Gasteiger partial charge in [-0.25, -0.2) is 4.98 Å². The van der Waals surface area contributed by atoms with Gasteiger partial charge in [-0.15, -0.1) is 0 Å². The maximum absolute atomic E-state index is 12.6. The molecule has 2 aliphatic rings. The normalized spacial score (nSPS) is 25.9. The van der Waals surface area contributed by atoms with E-state index in [4.69, 9.17) is 0 Å². The number of aromatic nitrogens is 1. The van der Waals surface area contributed by atoms with Gasteiger partial charge in [0.2, 0.25) is 5.91 Å². The number of aryl methyl sites for hydroxylation is 1. The lowest BCUT2D eigenvalue weighted by atomic mass is 9.87. The molecule has 1 aliphatic heterocycles. The highest BCUT2D eigenvalue weighted by atomic mass is 16.2. The van der Waals surface area contributed by atoms with Gasteiger partial charge in [0.1, 0.15) is 12.2 Å². The van der Waals surface area contributed by atoms with Crippen LogP contribution in [0.25, 0.3) is 0 Å². The molecular formula is C15H19N3O2. The van der Waals surface area contributed by atoms with Crippen molar-refractivity contribution in [2.75, 3.05) is 6.54 Å². The molecular weight excluding hydrogens is 254 g/mol. The molecule has 2 atom stereocenters. The lowest BCUT2D eigenvalue weighted by Crippen LogP contribution is -2.63. The second kappa shape index (κ2) is 5.23. The third-order valence-corrected chi connectivity index (χ3v) is 4.16. The topological polar surface area (TPSA) is 62.3 Å². The summed E-state index contributed by atoms with van der Waals surface area (Å²) >= 11 is 0. The van der Waals surface area contributed by atoms with Crippen LogP contribution in [0, 0.1) is 6.92 Å². The van der Waals surface area contributed by atoms with Crippen LogP contribution in [0.2, 0.25) is 0 Å². The van der Waals surface area contributed by atoms with Crippen molar-refractivity contribution >= 4 is 11.8 Å². The lowest BCUT2D eigenvalue weighted by molar-refractivity contribution is -0.127. The van der Waals surface area contributed by atoms with Crippen LogP contribution in [-0.4, -0.2) is 40.3 Å². The summed E-state index contributed by atoms with van der Waals surface area (Å²) in [4.78, 5) is 30.4. The standard InChI is InChI=1S/C15H19N3O2/c1-10-5-4-7-12(16-10)15(20)18-9-14(19)17-11-6-2-3-8-13(11)18/h4-5,7,11,13H,2-3,6,8-9H2,1H3,(H,17,19)/t11-,13-/m1/s1. The number of amides is 2. The van der Waals surface area contributed by atoms with E-state index in [1.165, 1.54) is 0 Å². The van der Waals surface area contributed by atoms with Crippen LogP contribution in [-0.2, 0) is 4.79 Å². The Hall–Kier alpha value is -1.91. The van der Waals surface area contributed by atoms with E-state index in [0.29, 0.717) is 5.69 Å². The lowest BCUT2D eigenvalue weighted by Gasteiger charge is -2.43. The van der Waals surface area contributed by atoms with E-state index >= 15 is 0 Å². The molecule has 1 aromatic heterocycles. The summed E-state index contributed by atoms with van der Waals surface area (Å²) in [5.74, 6) is -0.186. The van der Waals surface area contributed by atoms with Crippen LogP contribution in [0.15, 0.2) is 18.2 Å². The Labute approximate surface area is 118 Å². The number of hydrogen-bond acceptors (Lipinski definition) is 3. The van der Waals surface area contributed by atoms with Crippen LogP contribution in [0.5, 0.6) is 0 Å². The number of rotatable bonds is 1. The Balaban J connectivity index is 1.86. The molecule has 3 rings (SSSR count). The highest BCUT2D eigenvalue weighted by molar-refractivity contribution is 5.96. The molecule has 0 spiro atoms. The molecule has 0 radical (unpaired) electrons. The van der Waals surface area contributed by atoms with Crippen molar-refractivity contribution in [3.63, 3.8) is 0 Å². The van der Waals surface area contributed by atoms with Gasteiger partial charge in [0, 0.05) is 11.7 Å². The number of carbonyl (C=O) groups is 2. The smallest absolute Gasteiger partial charge is 0.273 e. The zero-order valence-corrected chi connectivity index (χ0v) is 11.6. The van der Waals surface area contributed by atoms with Crippen LogP contribution in [0.4, 0.5) is 0 Å². The second-order valence-corrected chi connectivity index (χ2v) is 5.62. The number of carbonyl (C=O) groups excluding carboxylic acids is 2. The number of nitrogens with zero attached hydrogens (tertiary/aromatic N) is 2. The zero-order valence-electron chi connectivity index (χ0n) is 11.6. The van der Waals surface area contributed by atoms with Gasteiger partial charge >= 0.3 is 0 Å². The molecule has 0 bridgehead atoms. The molecule has 1 saturated heterocycles. The summed E-state index contributed by atoms with van der Waals surface area (Å²) in [5.41, 5.74) is 1.25. The molecule has 1 N–H and O–H groups in total. The Morgan fingerprint density at radius 3 is 2.95 bits per heavy atom. The molecule has 106 valence electrons. The fourth-order valence-electron chi connectivity index (χ4n) is 3.21. The largest absolute Gasteiger partial charge is 0.350 e. The highest BCUT2D eigenvalue weighted by Gasteiger charge is 2.39. The molecule has 1 aliphatic carbocycles. The van der Waals surface area contributed by atoms with Gasteiger partial charge in [0.15, 0.2) is 0 Å². The number of fused-ring (bicyclic) bond motifs is 1. The van der Waals surface area contributed by atoms with Crippen molar-refractivity contribution in [2.24, 2.45) is 0 Å². The quantitative estimate of drug-likeness (QED) is 0.838. The van der Waals surface area contributed by atoms with Crippen molar-refractivity contribution in [1.29, 1.82) is 0 Å². The predicted octanol–water partition coefficient (Wildman–Crippen LogP) is 1.27. The van der Waals surface area contributed by atoms with Crippen molar-refractivity contribution < 1.29 is 9.59 Å². The molecule has 0 unspecified atom stereocenters. The highest BCUT2D eigenvalue weighted by Crippen LogP contribution is 2.26. The van der Waals surface area contributed by atoms with Crippen molar-refractivity contribution in [1.82, 2.24) is 15.2 Å². The minimum absolute atomic E-state index is 0.0610. The first-order valence-corrected chi connectivity index (χ1v) is 7.19. The minimum Gasteiger partial charge on any atom is -0.350 e. The molecule has 0 aromatic carbocycles. The summed E-state index contributed by atoms with van der Waals surface area (Å²) in [5, 5.41) is 3.01. The Morgan fingerprint density at radius 1 is 1.35 bits per heavy atom. The first-order chi connectivity index (χ1) is 9.65. The molecule has 1 saturated carbocycles. The maximum atomic E-state index is 12.6. The van der Waals surface area contributed by atoms with Gasteiger partial charge in [0.25, 0.3) is 5.91 Å². The number of piperazine rings is 1. The molecule has 5 nitrogen and oxygen atoms in total. The Morgan fingerprint density at radius 2 is 2.15 bits per heavy atom. The first kappa shape index (κ1) is 13.1. The molecule has 20 heavy (non-hydrogen) atoms. The zero-order chi connectivity index (χ0) is 14.1. The van der Waals surface area contributed by atoms with Crippen LogP contribution >= 0.6 is 0 Å². The molecule has 1 aromatic rings. The van der Waals surface area contributed by atoms with E-state index in [-0.39, 0.29) is 30.4 Å². The maximum Gasteiger partial charge on any atom is 0.273 e. The van der Waals surface area contributed by atoms with Gasteiger partial charge in [-0.05, 0) is 31.9 Å². The number of nitrogens with one attached hydrogen (secondary N) is 1. The van der Waals surface area contributed by atoms with Gasteiger partial charge < -0.3 is 10.2 Å². The van der Waals surface area contributed by atoms with Crippen LogP contribution in [0.1, 0.15) is 41.9 Å². The predicted molar refractivity (Wildman–Crippen MR) is 74.2 cm³/mol. The van der Waals surface area contributed by atoms with E-state index < -0.39 is 0 Å². The van der Waals surface area contributed by atoms with E-state index in [2.05, 4.69) is 10.3 Å². The Kier molecular flexibility index (Phi) is 3.42. The third-order valence-electron chi connectivity index (χ3n) is 4.16. The fourth-order valence-corrected chi connectivity index (χ4v) is 3.21. The SMILES string of the molecule is Cc1cccc(C(=O)N2CC(=O)N[C@@H]3CCCC[C@H]32)n1. The van der Waals surface area contributed by atoms with Gasteiger partial charge in [-0.2, -0.15) is 0 Å². The molecule has 5 heteroatoms. The van der Waals surface area contributed by atoms with Crippen LogP contribution in [0.3, 0.4) is 0 Å². The summed E-state index contributed by atoms with van der Waals surface area (Å²) in [7, 11) is 0. The van der Waals surface area contributed by atoms with Crippen molar-refractivity contribution in [2.45, 2.75) is 44.7 Å². The first-order valence-electron chi connectivity index (χ1n) is 7.19. The van der Waals surface area contributed by atoms with E-state index in [1.54, 1.807) is 11.0 Å². The summed E-state index contributed by atoms with van der Waals surface area (Å²) in [6, 6.07) is 5.65. The summed E-state index contributed by atoms with van der Waals surface area (Å²) in [6.45, 7) is 2.01. The molecule has 2 fully saturated rings. The minimum atomic E-state index is -0.125. The van der Waals surface area contributed by atoms with E-state index in [9.17, 15) is 9.59 Å². The van der Waals surface area contributed by atoms with Gasteiger partial charge in [-0.1, -0.05) is 18.9 Å². The Bertz CT molecular complexity index is 544. The van der Waals surface area contributed by atoms with Crippen LogP contribution < -0.4 is 5.32 Å². The average Bonchev–Trinajstić information content (AvgIpc) is 2.45. The van der Waals surface area contributed by atoms with Crippen molar-refractivity contribution in [3.05, 3.63) is 29.6 Å². The average molecular weight is 273 g/mol. The number of pyridine rings is 1. The van der Waals surface area contributed by atoms with E-state index in [1.807, 2.05) is 19.1 Å². The summed E-state index contributed by atoms with van der Waals surface area (Å²) in [6.07, 6.45) is 4.15. The van der Waals surface area contributed by atoms with Crippen molar-refractivity contribution in [3.8, 4) is 0 Å². The number of hydrogen-bond donors (Lipinski definition) is 1. The third kappa shape index (κ3) is 2.40. The molecule has 2 amide bonds. The van der Waals surface area contributed by atoms with Gasteiger partial charge in [-0.3, -0.25) is 9.59 Å². The second-order valence-electron chi connectivity index (χ2n) is 5.62. The van der Waals surface area contributed by atoms with Gasteiger partial charge in [0.05, 0.1) is 6.04 Å².